The zero-order valence-electron chi connectivity index (χ0n) is 23.1. The van der Waals surface area contributed by atoms with Crippen LogP contribution in [0, 0.1) is 10.1 Å². The molecular formula is C32H34N4O4. The maximum Gasteiger partial charge on any atom is 0.269 e. The lowest BCUT2D eigenvalue weighted by atomic mass is 10.1. The Kier molecular flexibility index (Phi) is 9.22. The summed E-state index contributed by atoms with van der Waals surface area (Å²) in [6.07, 6.45) is 6.26. The summed E-state index contributed by atoms with van der Waals surface area (Å²) in [4.78, 5) is 44.8. The Morgan fingerprint density at radius 2 is 1.73 bits per heavy atom. The third kappa shape index (κ3) is 6.17. The lowest BCUT2D eigenvalue weighted by molar-refractivity contribution is -0.384. The second-order valence-corrected chi connectivity index (χ2v) is 9.64. The number of amides is 1. The van der Waals surface area contributed by atoms with Crippen molar-refractivity contribution >= 4 is 28.6 Å². The van der Waals surface area contributed by atoms with Gasteiger partial charge in [-0.05, 0) is 72.9 Å². The van der Waals surface area contributed by atoms with E-state index in [1.54, 1.807) is 33.7 Å². The smallest absolute Gasteiger partial charge is 0.269 e. The molecule has 1 heterocycles. The Bertz CT molecular complexity index is 1570. The highest BCUT2D eigenvalue weighted by atomic mass is 16.6. The number of fused-ring (bicyclic) bond motifs is 1. The third-order valence-corrected chi connectivity index (χ3v) is 7.02. The molecule has 206 valence electrons. The Morgan fingerprint density at radius 1 is 1.02 bits per heavy atom. The number of aryl methyl sites for hydroxylation is 1. The summed E-state index contributed by atoms with van der Waals surface area (Å²) in [5.41, 5.74) is 2.96. The maximum absolute atomic E-state index is 13.9. The Labute approximate surface area is 233 Å². The van der Waals surface area contributed by atoms with Crippen LogP contribution in [0.15, 0.2) is 83.7 Å². The number of carbonyl (C=O) groups excluding carboxylic acids is 1. The van der Waals surface area contributed by atoms with E-state index in [1.165, 1.54) is 18.2 Å². The fraction of sp³-hybridized carbons (Fsp3) is 0.281. The minimum Gasteiger partial charge on any atom is -0.329 e. The molecule has 1 amide bonds. The number of unbranched alkanes of at least 4 members (excludes halogenated alkanes) is 1. The van der Waals surface area contributed by atoms with Gasteiger partial charge in [-0.15, -0.1) is 0 Å². The highest BCUT2D eigenvalue weighted by Gasteiger charge is 2.28. The molecule has 1 atom stereocenters. The van der Waals surface area contributed by atoms with Gasteiger partial charge in [0.25, 0.3) is 11.2 Å². The van der Waals surface area contributed by atoms with Gasteiger partial charge in [-0.1, -0.05) is 51.5 Å². The first kappa shape index (κ1) is 28.4. The van der Waals surface area contributed by atoms with Crippen molar-refractivity contribution in [3.05, 3.63) is 116 Å². The van der Waals surface area contributed by atoms with Crippen LogP contribution in [0.1, 0.15) is 63.0 Å². The number of rotatable bonds is 11. The molecule has 0 saturated heterocycles. The van der Waals surface area contributed by atoms with Crippen molar-refractivity contribution in [2.24, 2.45) is 0 Å². The summed E-state index contributed by atoms with van der Waals surface area (Å²) >= 11 is 0. The number of non-ortho nitro benzene ring substituents is 1. The maximum atomic E-state index is 13.9. The van der Waals surface area contributed by atoms with Gasteiger partial charge in [0.05, 0.1) is 27.6 Å². The van der Waals surface area contributed by atoms with Crippen molar-refractivity contribution in [1.82, 2.24) is 14.5 Å². The number of aromatic nitrogens is 2. The number of benzene rings is 3. The highest BCUT2D eigenvalue weighted by Crippen LogP contribution is 2.27. The molecule has 1 unspecified atom stereocenters. The van der Waals surface area contributed by atoms with E-state index in [4.69, 9.17) is 4.98 Å². The van der Waals surface area contributed by atoms with Crippen LogP contribution in [0.5, 0.6) is 0 Å². The summed E-state index contributed by atoms with van der Waals surface area (Å²) in [5.74, 6) is 0.303. The number of carbonyl (C=O) groups is 1. The Morgan fingerprint density at radius 3 is 2.35 bits per heavy atom. The second-order valence-electron chi connectivity index (χ2n) is 9.64. The molecule has 4 aromatic rings. The van der Waals surface area contributed by atoms with Crippen LogP contribution >= 0.6 is 0 Å². The van der Waals surface area contributed by atoms with Gasteiger partial charge in [-0.3, -0.25) is 24.3 Å². The van der Waals surface area contributed by atoms with Crippen LogP contribution in [-0.4, -0.2) is 31.8 Å². The lowest BCUT2D eigenvalue weighted by Crippen LogP contribution is -2.38. The van der Waals surface area contributed by atoms with Gasteiger partial charge < -0.3 is 4.90 Å². The topological polar surface area (TPSA) is 98.3 Å². The van der Waals surface area contributed by atoms with Crippen LogP contribution in [-0.2, 0) is 11.2 Å². The van der Waals surface area contributed by atoms with Gasteiger partial charge in [-0.25, -0.2) is 4.98 Å². The van der Waals surface area contributed by atoms with Crippen LogP contribution in [0.2, 0.25) is 0 Å². The van der Waals surface area contributed by atoms with Crippen LogP contribution < -0.4 is 5.56 Å². The van der Waals surface area contributed by atoms with Gasteiger partial charge in [0, 0.05) is 24.8 Å². The van der Waals surface area contributed by atoms with Gasteiger partial charge in [-0.2, -0.15) is 0 Å². The van der Waals surface area contributed by atoms with E-state index in [0.29, 0.717) is 40.9 Å². The number of hydrogen-bond acceptors (Lipinski definition) is 5. The van der Waals surface area contributed by atoms with Gasteiger partial charge in [0.1, 0.15) is 5.82 Å². The molecule has 0 bridgehead atoms. The van der Waals surface area contributed by atoms with Crippen molar-refractivity contribution in [3.8, 4) is 5.69 Å². The minimum atomic E-state index is -0.455. The first-order valence-electron chi connectivity index (χ1n) is 13.7. The number of nitro benzene ring substituents is 1. The van der Waals surface area contributed by atoms with E-state index in [2.05, 4.69) is 13.8 Å². The standard InChI is InChI=1S/C32H34N4O4/c1-4-7-22-34(30(37)21-16-24-14-19-26(20-15-24)36(39)40)29(6-3)31-33-28-11-9-8-10-27(28)32(38)35(31)25-17-12-23(5-2)13-18-25/h8-21,29H,4-7,22H2,1-3H3. The molecule has 0 N–H and O–H groups in total. The largest absolute Gasteiger partial charge is 0.329 e. The van der Waals surface area contributed by atoms with Gasteiger partial charge in [0.15, 0.2) is 0 Å². The molecule has 0 spiro atoms. The van der Waals surface area contributed by atoms with Crippen molar-refractivity contribution in [1.29, 1.82) is 0 Å². The van der Waals surface area contributed by atoms with Crippen molar-refractivity contribution in [3.63, 3.8) is 0 Å². The molecule has 4 rings (SSSR count). The number of para-hydroxylation sites is 1. The summed E-state index contributed by atoms with van der Waals surface area (Å²) in [5, 5.41) is 11.5. The number of hydrogen-bond donors (Lipinski definition) is 0. The molecule has 0 radical (unpaired) electrons. The Hall–Kier alpha value is -4.59. The van der Waals surface area contributed by atoms with E-state index in [9.17, 15) is 19.7 Å². The SMILES string of the molecule is CCCCN(C(=O)C=Cc1ccc([N+](=O)[O-])cc1)C(CC)c1nc2ccccc2c(=O)n1-c1ccc(CC)cc1. The molecule has 0 fully saturated rings. The fourth-order valence-corrected chi connectivity index (χ4v) is 4.76. The summed E-state index contributed by atoms with van der Waals surface area (Å²) in [7, 11) is 0. The molecule has 0 aliphatic heterocycles. The lowest BCUT2D eigenvalue weighted by Gasteiger charge is -2.31. The average molecular weight is 539 g/mol. The van der Waals surface area contributed by atoms with E-state index < -0.39 is 11.0 Å². The van der Waals surface area contributed by atoms with Gasteiger partial charge >= 0.3 is 0 Å². The fourth-order valence-electron chi connectivity index (χ4n) is 4.76. The average Bonchev–Trinajstić information content (AvgIpc) is 2.98. The molecule has 40 heavy (non-hydrogen) atoms. The van der Waals surface area contributed by atoms with E-state index >= 15 is 0 Å². The van der Waals surface area contributed by atoms with E-state index in [0.717, 1.165) is 24.8 Å². The van der Waals surface area contributed by atoms with Crippen molar-refractivity contribution in [2.75, 3.05) is 6.54 Å². The molecular weight excluding hydrogens is 504 g/mol. The Balaban J connectivity index is 1.80. The van der Waals surface area contributed by atoms with Crippen LogP contribution in [0.4, 0.5) is 5.69 Å². The van der Waals surface area contributed by atoms with E-state index in [1.807, 2.05) is 49.4 Å². The monoisotopic (exact) mass is 538 g/mol. The second kappa shape index (κ2) is 13.0. The molecule has 0 aliphatic carbocycles. The molecule has 0 saturated carbocycles. The zero-order chi connectivity index (χ0) is 28.6. The summed E-state index contributed by atoms with van der Waals surface area (Å²) in [6, 6.07) is 20.7. The van der Waals surface area contributed by atoms with Gasteiger partial charge in [0.2, 0.25) is 5.91 Å². The van der Waals surface area contributed by atoms with Crippen LogP contribution in [0.3, 0.4) is 0 Å². The first-order valence-corrected chi connectivity index (χ1v) is 13.7. The summed E-state index contributed by atoms with van der Waals surface area (Å²) < 4.78 is 1.64. The third-order valence-electron chi connectivity index (χ3n) is 7.02. The molecule has 8 nitrogen and oxygen atoms in total. The van der Waals surface area contributed by atoms with Crippen LogP contribution in [0.25, 0.3) is 22.7 Å². The quantitative estimate of drug-likeness (QED) is 0.121. The molecule has 1 aromatic heterocycles. The van der Waals surface area contributed by atoms with Crippen molar-refractivity contribution < 1.29 is 9.72 Å². The minimum absolute atomic E-state index is 0.00795. The highest BCUT2D eigenvalue weighted by molar-refractivity contribution is 5.92. The first-order chi connectivity index (χ1) is 19.4. The van der Waals surface area contributed by atoms with E-state index in [-0.39, 0.29) is 17.2 Å². The number of nitrogens with zero attached hydrogens (tertiary/aromatic N) is 4. The molecule has 3 aromatic carbocycles. The number of nitro groups is 1. The molecule has 0 aliphatic rings. The zero-order valence-corrected chi connectivity index (χ0v) is 23.1. The summed E-state index contributed by atoms with van der Waals surface area (Å²) in [6.45, 7) is 6.63. The predicted octanol–water partition coefficient (Wildman–Crippen LogP) is 6.65. The normalized spacial score (nSPS) is 12.1. The molecule has 8 heteroatoms. The predicted molar refractivity (Wildman–Crippen MR) is 159 cm³/mol. The van der Waals surface area contributed by atoms with Crippen molar-refractivity contribution in [2.45, 2.75) is 52.5 Å².